The van der Waals surface area contributed by atoms with Gasteiger partial charge >= 0.3 is 0 Å². The molecule has 0 saturated carbocycles. The Balaban J connectivity index is 1.72. The number of hydrogen-bond donors (Lipinski definition) is 1. The second-order valence-corrected chi connectivity index (χ2v) is 6.09. The van der Waals surface area contributed by atoms with Gasteiger partial charge in [-0.2, -0.15) is 0 Å². The lowest BCUT2D eigenvalue weighted by atomic mass is 10.1. The molecule has 0 radical (unpaired) electrons. The van der Waals surface area contributed by atoms with Crippen LogP contribution < -0.4 is 5.32 Å². The van der Waals surface area contributed by atoms with Crippen molar-refractivity contribution in [1.82, 2.24) is 4.90 Å². The monoisotopic (exact) mass is 340 g/mol. The van der Waals surface area contributed by atoms with E-state index in [9.17, 15) is 9.18 Å². The average Bonchev–Trinajstić information content (AvgIpc) is 3.16. The minimum Gasteiger partial charge on any atom is -0.442 e. The number of amidine groups is 1. The van der Waals surface area contributed by atoms with Gasteiger partial charge in [0.05, 0.1) is 17.2 Å². The number of amides is 1. The fourth-order valence-electron chi connectivity index (χ4n) is 3.08. The van der Waals surface area contributed by atoms with E-state index in [2.05, 4.69) is 17.2 Å². The van der Waals surface area contributed by atoms with Crippen LogP contribution in [0.3, 0.4) is 0 Å². The fraction of sp³-hybridized carbons (Fsp3) is 0.278. The Bertz CT molecular complexity index is 899. The molecule has 1 N–H and O–H groups in total. The summed E-state index contributed by atoms with van der Waals surface area (Å²) in [5.41, 5.74) is 1.55. The lowest BCUT2D eigenvalue weighted by molar-refractivity contribution is 0.102. The SMILES string of the molecule is CC[C@H]1CN2C=Nc3oc(C)c(C(=O)Nc4ccc(F)cc4)c3C2=N1. The number of furan rings is 1. The lowest BCUT2D eigenvalue weighted by Crippen LogP contribution is -2.31. The number of carbonyl (C=O) groups excluding carboxylic acids is 1. The molecule has 1 amide bonds. The second-order valence-electron chi connectivity index (χ2n) is 6.09. The van der Waals surface area contributed by atoms with E-state index in [1.54, 1.807) is 13.3 Å². The van der Waals surface area contributed by atoms with Gasteiger partial charge in [0, 0.05) is 12.2 Å². The van der Waals surface area contributed by atoms with Gasteiger partial charge in [0.25, 0.3) is 5.91 Å². The Hall–Kier alpha value is -2.96. The second kappa shape index (κ2) is 5.84. The molecule has 25 heavy (non-hydrogen) atoms. The number of aryl methyl sites for hydroxylation is 1. The zero-order valence-corrected chi connectivity index (χ0v) is 13.9. The van der Waals surface area contributed by atoms with Crippen molar-refractivity contribution in [2.75, 3.05) is 11.9 Å². The molecule has 2 aliphatic rings. The van der Waals surface area contributed by atoms with Crippen LogP contribution in [0, 0.1) is 12.7 Å². The molecular formula is C18H17FN4O2. The molecule has 0 fully saturated rings. The Morgan fingerprint density at radius 2 is 2.16 bits per heavy atom. The Kier molecular flexibility index (Phi) is 3.63. The summed E-state index contributed by atoms with van der Waals surface area (Å²) in [6, 6.07) is 5.80. The predicted octanol–water partition coefficient (Wildman–Crippen LogP) is 3.49. The smallest absolute Gasteiger partial charge is 0.260 e. The van der Waals surface area contributed by atoms with E-state index < -0.39 is 0 Å². The highest BCUT2D eigenvalue weighted by atomic mass is 19.1. The third-order valence-corrected chi connectivity index (χ3v) is 4.39. The highest BCUT2D eigenvalue weighted by Gasteiger charge is 2.35. The maximum Gasteiger partial charge on any atom is 0.260 e. The Labute approximate surface area is 144 Å². The molecule has 0 saturated heterocycles. The van der Waals surface area contributed by atoms with Crippen LogP contribution in [0.2, 0.25) is 0 Å². The first-order valence-electron chi connectivity index (χ1n) is 8.16. The molecule has 0 aliphatic carbocycles. The molecule has 0 spiro atoms. The highest BCUT2D eigenvalue weighted by molar-refractivity contribution is 6.19. The maximum atomic E-state index is 13.0. The molecule has 1 atom stereocenters. The first-order chi connectivity index (χ1) is 12.1. The summed E-state index contributed by atoms with van der Waals surface area (Å²) in [5, 5.41) is 2.78. The Morgan fingerprint density at radius 1 is 1.40 bits per heavy atom. The van der Waals surface area contributed by atoms with Crippen LogP contribution in [0.4, 0.5) is 16.0 Å². The Morgan fingerprint density at radius 3 is 2.88 bits per heavy atom. The van der Waals surface area contributed by atoms with Crippen molar-refractivity contribution >= 4 is 29.7 Å². The summed E-state index contributed by atoms with van der Waals surface area (Å²) in [4.78, 5) is 23.8. The molecule has 2 aliphatic heterocycles. The van der Waals surface area contributed by atoms with Gasteiger partial charge in [0.15, 0.2) is 0 Å². The largest absolute Gasteiger partial charge is 0.442 e. The number of nitrogens with zero attached hydrogens (tertiary/aromatic N) is 3. The first-order valence-corrected chi connectivity index (χ1v) is 8.16. The fourth-order valence-corrected chi connectivity index (χ4v) is 3.08. The number of benzene rings is 1. The van der Waals surface area contributed by atoms with Crippen molar-refractivity contribution in [2.24, 2.45) is 9.98 Å². The summed E-state index contributed by atoms with van der Waals surface area (Å²) in [7, 11) is 0. The maximum absolute atomic E-state index is 13.0. The van der Waals surface area contributed by atoms with Gasteiger partial charge in [-0.25, -0.2) is 9.38 Å². The lowest BCUT2D eigenvalue weighted by Gasteiger charge is -2.18. The summed E-state index contributed by atoms with van der Waals surface area (Å²) < 4.78 is 18.7. The van der Waals surface area contributed by atoms with E-state index in [0.717, 1.165) is 18.8 Å². The molecule has 1 aromatic carbocycles. The van der Waals surface area contributed by atoms with Gasteiger partial charge in [-0.3, -0.25) is 9.79 Å². The van der Waals surface area contributed by atoms with Crippen LogP contribution in [0.25, 0.3) is 0 Å². The molecular weight excluding hydrogens is 323 g/mol. The van der Waals surface area contributed by atoms with Gasteiger partial charge < -0.3 is 14.6 Å². The molecule has 1 aromatic heterocycles. The van der Waals surface area contributed by atoms with E-state index in [1.165, 1.54) is 24.3 Å². The van der Waals surface area contributed by atoms with E-state index in [-0.39, 0.29) is 17.8 Å². The summed E-state index contributed by atoms with van der Waals surface area (Å²) in [6.07, 6.45) is 2.61. The minimum absolute atomic E-state index is 0.176. The van der Waals surface area contributed by atoms with Crippen molar-refractivity contribution in [2.45, 2.75) is 26.3 Å². The van der Waals surface area contributed by atoms with Crippen molar-refractivity contribution in [1.29, 1.82) is 0 Å². The normalized spacial score (nSPS) is 18.0. The van der Waals surface area contributed by atoms with E-state index in [4.69, 9.17) is 9.41 Å². The number of aliphatic imine (C=N–C) groups is 2. The number of hydrogen-bond acceptors (Lipinski definition) is 5. The van der Waals surface area contributed by atoms with Gasteiger partial charge in [-0.05, 0) is 37.6 Å². The number of carbonyl (C=O) groups is 1. The molecule has 0 bridgehead atoms. The van der Waals surface area contributed by atoms with Gasteiger partial charge in [-0.1, -0.05) is 6.92 Å². The van der Waals surface area contributed by atoms with E-state index in [1.807, 2.05) is 4.90 Å². The molecule has 6 nitrogen and oxygen atoms in total. The number of fused-ring (bicyclic) bond motifs is 3. The minimum atomic E-state index is -0.356. The van der Waals surface area contributed by atoms with E-state index in [0.29, 0.717) is 28.5 Å². The topological polar surface area (TPSA) is 70.2 Å². The highest BCUT2D eigenvalue weighted by Crippen LogP contribution is 2.35. The number of nitrogens with one attached hydrogen (secondary N) is 1. The zero-order valence-electron chi connectivity index (χ0n) is 13.9. The van der Waals surface area contributed by atoms with Crippen molar-refractivity contribution < 1.29 is 13.6 Å². The van der Waals surface area contributed by atoms with Gasteiger partial charge in [0.1, 0.15) is 23.8 Å². The molecule has 3 heterocycles. The van der Waals surface area contributed by atoms with Crippen LogP contribution in [-0.4, -0.2) is 35.6 Å². The number of rotatable bonds is 3. The van der Waals surface area contributed by atoms with Crippen LogP contribution in [-0.2, 0) is 0 Å². The van der Waals surface area contributed by atoms with Crippen molar-refractivity contribution in [3.05, 3.63) is 47.0 Å². The van der Waals surface area contributed by atoms with Crippen LogP contribution >= 0.6 is 0 Å². The number of halogens is 1. The van der Waals surface area contributed by atoms with Gasteiger partial charge in [-0.15, -0.1) is 0 Å². The molecule has 2 aromatic rings. The van der Waals surface area contributed by atoms with Crippen LogP contribution in [0.1, 0.15) is 35.0 Å². The summed E-state index contributed by atoms with van der Waals surface area (Å²) in [5.74, 6) is 0.914. The third kappa shape index (κ3) is 2.61. The molecule has 4 rings (SSSR count). The molecule has 128 valence electrons. The quantitative estimate of drug-likeness (QED) is 0.930. The zero-order chi connectivity index (χ0) is 17.6. The van der Waals surface area contributed by atoms with Gasteiger partial charge in [0.2, 0.25) is 5.88 Å². The molecule has 0 unspecified atom stereocenters. The van der Waals surface area contributed by atoms with Crippen LogP contribution in [0.15, 0.2) is 38.7 Å². The van der Waals surface area contributed by atoms with Crippen molar-refractivity contribution in [3.8, 4) is 0 Å². The summed E-state index contributed by atoms with van der Waals surface area (Å²) in [6.45, 7) is 4.55. The molecule has 7 heteroatoms. The number of anilines is 1. The van der Waals surface area contributed by atoms with Crippen molar-refractivity contribution in [3.63, 3.8) is 0 Å². The predicted molar refractivity (Wildman–Crippen MR) is 93.3 cm³/mol. The average molecular weight is 340 g/mol. The van der Waals surface area contributed by atoms with Crippen LogP contribution in [0.5, 0.6) is 0 Å². The third-order valence-electron chi connectivity index (χ3n) is 4.39. The first kappa shape index (κ1) is 15.6. The van der Waals surface area contributed by atoms with E-state index >= 15 is 0 Å². The standard InChI is InChI=1S/C18H17FN4O2/c1-3-12-8-23-9-20-18-15(16(23)21-12)14(10(2)25-18)17(24)22-13-6-4-11(19)5-7-13/h4-7,9,12H,3,8H2,1-2H3,(H,22,24)/t12-/m0/s1. The summed E-state index contributed by atoms with van der Waals surface area (Å²) >= 11 is 0.